The van der Waals surface area contributed by atoms with Crippen LogP contribution in [0.25, 0.3) is 0 Å². The smallest absolute Gasteiger partial charge is 0.0485 e. The van der Waals surface area contributed by atoms with Crippen molar-refractivity contribution in [3.8, 4) is 0 Å². The second-order valence-electron chi connectivity index (χ2n) is 5.64. The summed E-state index contributed by atoms with van der Waals surface area (Å²) in [4.78, 5) is 0. The minimum absolute atomic E-state index is 0.255. The van der Waals surface area contributed by atoms with E-state index in [2.05, 4.69) is 79.4 Å². The first-order chi connectivity index (χ1) is 11.3. The first-order valence-electron chi connectivity index (χ1n) is 7.75. The van der Waals surface area contributed by atoms with Gasteiger partial charge in [0.2, 0.25) is 0 Å². The zero-order chi connectivity index (χ0) is 16.1. The van der Waals surface area contributed by atoms with Crippen molar-refractivity contribution in [1.82, 2.24) is 0 Å². The molecule has 3 aromatic carbocycles. The molecule has 1 heteroatoms. The molecule has 0 aromatic heterocycles. The van der Waals surface area contributed by atoms with Crippen molar-refractivity contribution in [2.45, 2.75) is 11.8 Å². The Morgan fingerprint density at radius 2 is 1.13 bits per heavy atom. The van der Waals surface area contributed by atoms with Gasteiger partial charge in [-0.2, -0.15) is 0 Å². The Kier molecular flexibility index (Phi) is 4.64. The molecule has 0 aliphatic carbocycles. The van der Waals surface area contributed by atoms with E-state index in [0.29, 0.717) is 0 Å². The van der Waals surface area contributed by atoms with E-state index in [1.165, 1.54) is 16.7 Å². The standard InChI is InChI=1S/C22H19Cl/c1-2-17-22(18-9-5-3-6-10-18,19-11-7-4-8-12-19)20-13-15-21(23)16-14-20/h2-16H,1,17H2. The van der Waals surface area contributed by atoms with Gasteiger partial charge in [0.15, 0.2) is 0 Å². The van der Waals surface area contributed by atoms with Crippen LogP contribution in [-0.2, 0) is 5.41 Å². The minimum atomic E-state index is -0.255. The Labute approximate surface area is 143 Å². The Morgan fingerprint density at radius 1 is 0.696 bits per heavy atom. The van der Waals surface area contributed by atoms with Gasteiger partial charge in [0.05, 0.1) is 0 Å². The lowest BCUT2D eigenvalue weighted by molar-refractivity contribution is 0.628. The quantitative estimate of drug-likeness (QED) is 0.385. The largest absolute Gasteiger partial charge is 0.103 e. The van der Waals surface area contributed by atoms with Gasteiger partial charge in [-0.1, -0.05) is 90.5 Å². The predicted molar refractivity (Wildman–Crippen MR) is 99.0 cm³/mol. The van der Waals surface area contributed by atoms with Crippen LogP contribution in [0.1, 0.15) is 23.1 Å². The van der Waals surface area contributed by atoms with Crippen LogP contribution in [0, 0.1) is 0 Å². The number of halogens is 1. The average Bonchev–Trinajstić information content (AvgIpc) is 2.62. The monoisotopic (exact) mass is 318 g/mol. The summed E-state index contributed by atoms with van der Waals surface area (Å²) in [6.45, 7) is 4.01. The maximum atomic E-state index is 6.11. The fraction of sp³-hybridized carbons (Fsp3) is 0.0909. The molecule has 0 fully saturated rings. The van der Waals surface area contributed by atoms with Gasteiger partial charge in [-0.25, -0.2) is 0 Å². The van der Waals surface area contributed by atoms with Crippen LogP contribution in [0.5, 0.6) is 0 Å². The Balaban J connectivity index is 2.30. The van der Waals surface area contributed by atoms with Gasteiger partial charge in [-0.3, -0.25) is 0 Å². The third-order valence-electron chi connectivity index (χ3n) is 4.32. The third kappa shape index (κ3) is 2.95. The lowest BCUT2D eigenvalue weighted by Crippen LogP contribution is -2.28. The molecule has 0 bridgehead atoms. The molecule has 0 N–H and O–H groups in total. The second-order valence-corrected chi connectivity index (χ2v) is 6.07. The molecule has 0 saturated carbocycles. The average molecular weight is 319 g/mol. The summed E-state index contributed by atoms with van der Waals surface area (Å²) in [5.41, 5.74) is 3.48. The van der Waals surface area contributed by atoms with Crippen LogP contribution in [0.15, 0.2) is 97.6 Å². The van der Waals surface area contributed by atoms with Crippen molar-refractivity contribution in [1.29, 1.82) is 0 Å². The van der Waals surface area contributed by atoms with E-state index in [1.54, 1.807) is 0 Å². The van der Waals surface area contributed by atoms with E-state index in [0.717, 1.165) is 11.4 Å². The highest BCUT2D eigenvalue weighted by Crippen LogP contribution is 2.42. The summed E-state index contributed by atoms with van der Waals surface area (Å²) in [5.74, 6) is 0. The molecule has 23 heavy (non-hydrogen) atoms. The van der Waals surface area contributed by atoms with Crippen LogP contribution in [0.2, 0.25) is 5.02 Å². The fourth-order valence-electron chi connectivity index (χ4n) is 3.25. The van der Waals surface area contributed by atoms with Gasteiger partial charge < -0.3 is 0 Å². The molecule has 0 unspecified atom stereocenters. The predicted octanol–water partition coefficient (Wildman–Crippen LogP) is 6.25. The Morgan fingerprint density at radius 3 is 1.57 bits per heavy atom. The van der Waals surface area contributed by atoms with Gasteiger partial charge in [-0.15, -0.1) is 6.58 Å². The minimum Gasteiger partial charge on any atom is -0.103 e. The number of hydrogen-bond donors (Lipinski definition) is 0. The van der Waals surface area contributed by atoms with Crippen LogP contribution in [0.3, 0.4) is 0 Å². The lowest BCUT2D eigenvalue weighted by atomic mass is 9.67. The van der Waals surface area contributed by atoms with E-state index >= 15 is 0 Å². The van der Waals surface area contributed by atoms with Crippen LogP contribution in [-0.4, -0.2) is 0 Å². The molecule has 0 radical (unpaired) electrons. The molecule has 0 aliphatic rings. The third-order valence-corrected chi connectivity index (χ3v) is 4.57. The SMILES string of the molecule is C=CCC(c1ccccc1)(c1ccccc1)c1ccc(Cl)cc1. The van der Waals surface area contributed by atoms with Gasteiger partial charge in [0, 0.05) is 10.4 Å². The molecule has 0 heterocycles. The highest BCUT2D eigenvalue weighted by atomic mass is 35.5. The Hall–Kier alpha value is -2.31. The van der Waals surface area contributed by atoms with E-state index < -0.39 is 0 Å². The van der Waals surface area contributed by atoms with Crippen molar-refractivity contribution < 1.29 is 0 Å². The highest BCUT2D eigenvalue weighted by molar-refractivity contribution is 6.30. The van der Waals surface area contributed by atoms with Crippen LogP contribution in [0.4, 0.5) is 0 Å². The van der Waals surface area contributed by atoms with E-state index in [-0.39, 0.29) is 5.41 Å². The summed E-state index contributed by atoms with van der Waals surface area (Å²) in [5, 5.41) is 0.752. The molecule has 0 nitrogen and oxygen atoms in total. The van der Waals surface area contributed by atoms with Crippen LogP contribution >= 0.6 is 11.6 Å². The molecule has 3 rings (SSSR count). The summed E-state index contributed by atoms with van der Waals surface area (Å²) in [7, 11) is 0. The topological polar surface area (TPSA) is 0 Å². The van der Waals surface area contributed by atoms with Crippen molar-refractivity contribution in [2.24, 2.45) is 0 Å². The molecule has 114 valence electrons. The molecular weight excluding hydrogens is 300 g/mol. The van der Waals surface area contributed by atoms with Crippen molar-refractivity contribution in [3.05, 3.63) is 119 Å². The number of hydrogen-bond acceptors (Lipinski definition) is 0. The Bertz CT molecular complexity index is 719. The highest BCUT2D eigenvalue weighted by Gasteiger charge is 2.34. The lowest BCUT2D eigenvalue weighted by Gasteiger charge is -2.35. The van der Waals surface area contributed by atoms with Gasteiger partial charge in [0.1, 0.15) is 0 Å². The van der Waals surface area contributed by atoms with Gasteiger partial charge >= 0.3 is 0 Å². The van der Waals surface area contributed by atoms with Crippen molar-refractivity contribution >= 4 is 11.6 Å². The zero-order valence-corrected chi connectivity index (χ0v) is 13.7. The van der Waals surface area contributed by atoms with Crippen molar-refractivity contribution in [2.75, 3.05) is 0 Å². The van der Waals surface area contributed by atoms with Crippen LogP contribution < -0.4 is 0 Å². The molecule has 0 aliphatic heterocycles. The molecule has 0 saturated heterocycles. The van der Waals surface area contributed by atoms with Crippen molar-refractivity contribution in [3.63, 3.8) is 0 Å². The molecule has 3 aromatic rings. The van der Waals surface area contributed by atoms with Gasteiger partial charge in [0.25, 0.3) is 0 Å². The molecular formula is C22H19Cl. The normalized spacial score (nSPS) is 11.2. The maximum absolute atomic E-state index is 6.11. The van der Waals surface area contributed by atoms with E-state index in [9.17, 15) is 0 Å². The first kappa shape index (κ1) is 15.6. The molecule has 0 spiro atoms. The van der Waals surface area contributed by atoms with E-state index in [1.807, 2.05) is 18.2 Å². The summed E-state index contributed by atoms with van der Waals surface area (Å²) >= 11 is 6.11. The fourth-order valence-corrected chi connectivity index (χ4v) is 3.38. The van der Waals surface area contributed by atoms with Gasteiger partial charge in [-0.05, 0) is 35.2 Å². The number of benzene rings is 3. The molecule has 0 amide bonds. The summed E-state index contributed by atoms with van der Waals surface area (Å²) < 4.78 is 0. The second kappa shape index (κ2) is 6.85. The number of rotatable bonds is 5. The molecule has 0 atom stereocenters. The summed E-state index contributed by atoms with van der Waals surface area (Å²) in [6, 6.07) is 29.4. The first-order valence-corrected chi connectivity index (χ1v) is 8.13. The van der Waals surface area contributed by atoms with E-state index in [4.69, 9.17) is 11.6 Å². The maximum Gasteiger partial charge on any atom is 0.0485 e. The zero-order valence-electron chi connectivity index (χ0n) is 13.0. The summed E-state index contributed by atoms with van der Waals surface area (Å²) in [6.07, 6.45) is 2.82. The number of allylic oxidation sites excluding steroid dienone is 1.